The Labute approximate surface area is 153 Å². The van der Waals surface area contributed by atoms with Crippen molar-refractivity contribution in [1.82, 2.24) is 9.38 Å². The predicted molar refractivity (Wildman–Crippen MR) is 101 cm³/mol. The van der Waals surface area contributed by atoms with Crippen LogP contribution in [0.4, 0.5) is 0 Å². The molecule has 0 N–H and O–H groups in total. The number of hydrogen-bond acceptors (Lipinski definition) is 2. The number of thiophene rings is 1. The van der Waals surface area contributed by atoms with E-state index in [1.165, 1.54) is 0 Å². The molecule has 0 saturated heterocycles. The fraction of sp³-hybridized carbons (Fsp3) is 0. The van der Waals surface area contributed by atoms with E-state index in [9.17, 15) is 0 Å². The van der Waals surface area contributed by atoms with Crippen molar-refractivity contribution in [3.8, 4) is 22.4 Å². The van der Waals surface area contributed by atoms with E-state index >= 15 is 0 Å². The summed E-state index contributed by atoms with van der Waals surface area (Å²) in [5.41, 5.74) is 2.56. The molecular weight excluding hydrogens is 359 g/mol. The molecule has 0 amide bonds. The Balaban J connectivity index is 1.68. The van der Waals surface area contributed by atoms with Gasteiger partial charge in [-0.15, -0.1) is 11.3 Å². The van der Waals surface area contributed by atoms with Gasteiger partial charge in [-0.05, 0) is 30.3 Å². The molecule has 0 spiro atoms. The van der Waals surface area contributed by atoms with E-state index in [4.69, 9.17) is 23.2 Å². The number of nitrogens with zero attached hydrogens (tertiary/aromatic N) is 2. The zero-order valence-corrected chi connectivity index (χ0v) is 14.7. The van der Waals surface area contributed by atoms with E-state index in [-0.39, 0.29) is 0 Å². The van der Waals surface area contributed by atoms with Crippen LogP contribution in [0.5, 0.6) is 0 Å². The molecule has 24 heavy (non-hydrogen) atoms. The predicted octanol–water partition coefficient (Wildman–Crippen LogP) is 5.77. The van der Waals surface area contributed by atoms with Crippen LogP contribution in [0.3, 0.4) is 0 Å². The molecule has 2 nitrogen and oxygen atoms in total. The van der Waals surface area contributed by atoms with E-state index in [0.29, 0.717) is 15.7 Å². The molecule has 0 aliphatic heterocycles. The maximum absolute atomic E-state index is 6.20. The van der Waals surface area contributed by atoms with Gasteiger partial charge in [-0.3, -0.25) is 0 Å². The lowest BCUT2D eigenvalue weighted by Gasteiger charge is -1.95. The summed E-state index contributed by atoms with van der Waals surface area (Å²) in [7, 11) is 0. The van der Waals surface area contributed by atoms with Crippen LogP contribution in [-0.4, -0.2) is 9.38 Å². The Bertz CT molecular complexity index is 1080. The van der Waals surface area contributed by atoms with Crippen molar-refractivity contribution in [3.63, 3.8) is 0 Å². The Kier molecular flexibility index (Phi) is 4.03. The summed E-state index contributed by atoms with van der Waals surface area (Å²) in [6.07, 6.45) is 3.72. The third-order valence-corrected chi connectivity index (χ3v) is 4.94. The molecule has 0 unspecified atom stereocenters. The van der Waals surface area contributed by atoms with Crippen LogP contribution in [0.1, 0.15) is 10.4 Å². The van der Waals surface area contributed by atoms with Crippen molar-refractivity contribution in [3.05, 3.63) is 81.4 Å². The first-order valence-electron chi connectivity index (χ1n) is 7.20. The molecule has 0 saturated carbocycles. The molecule has 5 heteroatoms. The summed E-state index contributed by atoms with van der Waals surface area (Å²) in [6, 6.07) is 15.7. The van der Waals surface area contributed by atoms with Crippen molar-refractivity contribution < 1.29 is 0 Å². The van der Waals surface area contributed by atoms with Gasteiger partial charge in [0.2, 0.25) is 0 Å². The van der Waals surface area contributed by atoms with Gasteiger partial charge >= 0.3 is 0 Å². The highest BCUT2D eigenvalue weighted by Crippen LogP contribution is 2.30. The van der Waals surface area contributed by atoms with Crippen LogP contribution in [0.15, 0.2) is 60.9 Å². The highest BCUT2D eigenvalue weighted by molar-refractivity contribution is 7.16. The zero-order valence-electron chi connectivity index (χ0n) is 12.3. The summed E-state index contributed by atoms with van der Waals surface area (Å²) in [6.45, 7) is 0. The number of pyridine rings is 1. The van der Waals surface area contributed by atoms with Gasteiger partial charge in [-0.2, -0.15) is 0 Å². The Morgan fingerprint density at radius 2 is 1.79 bits per heavy atom. The Hall–Kier alpha value is -2.25. The number of fused-ring (bicyclic) bond motifs is 1. The average Bonchev–Trinajstić information content (AvgIpc) is 3.20. The quantitative estimate of drug-likeness (QED) is 0.390. The lowest BCUT2D eigenvalue weighted by Crippen LogP contribution is -1.82. The largest absolute Gasteiger partial charge is 0.304 e. The first kappa shape index (κ1) is 15.3. The first-order valence-corrected chi connectivity index (χ1v) is 8.77. The number of rotatable bonds is 1. The van der Waals surface area contributed by atoms with Gasteiger partial charge in [-0.1, -0.05) is 53.2 Å². The van der Waals surface area contributed by atoms with Crippen molar-refractivity contribution in [2.75, 3.05) is 0 Å². The molecular formula is C19H10Cl2N2S. The minimum absolute atomic E-state index is 0.536. The van der Waals surface area contributed by atoms with Gasteiger partial charge < -0.3 is 4.40 Å². The van der Waals surface area contributed by atoms with E-state index in [1.807, 2.05) is 53.1 Å². The van der Waals surface area contributed by atoms with Crippen LogP contribution < -0.4 is 0 Å². The zero-order chi connectivity index (χ0) is 16.5. The molecule has 3 aromatic heterocycles. The molecule has 116 valence electrons. The molecule has 4 aromatic rings. The third-order valence-electron chi connectivity index (χ3n) is 3.44. The second-order valence-corrected chi connectivity index (χ2v) is 7.07. The fourth-order valence-corrected chi connectivity index (χ4v) is 3.68. The maximum atomic E-state index is 6.20. The number of hydrogen-bond donors (Lipinski definition) is 0. The van der Waals surface area contributed by atoms with E-state index in [0.717, 1.165) is 21.0 Å². The molecule has 0 aliphatic rings. The number of benzene rings is 1. The molecule has 0 aliphatic carbocycles. The number of aromatic nitrogens is 2. The maximum Gasteiger partial charge on any atom is 0.156 e. The van der Waals surface area contributed by atoms with Crippen molar-refractivity contribution in [2.24, 2.45) is 0 Å². The number of imidazole rings is 1. The molecule has 0 radical (unpaired) electrons. The van der Waals surface area contributed by atoms with Crippen molar-refractivity contribution in [2.45, 2.75) is 0 Å². The van der Waals surface area contributed by atoms with Crippen LogP contribution in [-0.2, 0) is 0 Å². The van der Waals surface area contributed by atoms with Crippen molar-refractivity contribution >= 4 is 40.2 Å². The molecule has 1 aromatic carbocycles. The minimum atomic E-state index is 0.536. The van der Waals surface area contributed by atoms with Gasteiger partial charge in [0.25, 0.3) is 0 Å². The van der Waals surface area contributed by atoms with Crippen LogP contribution in [0.2, 0.25) is 10.0 Å². The highest BCUT2D eigenvalue weighted by atomic mass is 35.5. The normalized spacial score (nSPS) is 10.6. The number of halogens is 2. The molecule has 0 atom stereocenters. The SMILES string of the molecule is Clc1cc(Cl)c2nc(-c3ccc(C#Cc4ccccc4)s3)cn2c1. The topological polar surface area (TPSA) is 17.3 Å². The van der Waals surface area contributed by atoms with Crippen molar-refractivity contribution in [1.29, 1.82) is 0 Å². The van der Waals surface area contributed by atoms with Crippen LogP contribution in [0, 0.1) is 11.8 Å². The van der Waals surface area contributed by atoms with E-state index in [2.05, 4.69) is 16.8 Å². The molecule has 0 fully saturated rings. The summed E-state index contributed by atoms with van der Waals surface area (Å²) in [5.74, 6) is 6.36. The van der Waals surface area contributed by atoms with E-state index in [1.54, 1.807) is 23.6 Å². The van der Waals surface area contributed by atoms with Gasteiger partial charge in [0, 0.05) is 18.0 Å². The Morgan fingerprint density at radius 3 is 2.62 bits per heavy atom. The van der Waals surface area contributed by atoms with E-state index < -0.39 is 0 Å². The minimum Gasteiger partial charge on any atom is -0.304 e. The smallest absolute Gasteiger partial charge is 0.156 e. The van der Waals surface area contributed by atoms with Crippen LogP contribution >= 0.6 is 34.5 Å². The lowest BCUT2D eigenvalue weighted by molar-refractivity contribution is 1.19. The molecule has 4 rings (SSSR count). The summed E-state index contributed by atoms with van der Waals surface area (Å²) in [5, 5.41) is 1.12. The van der Waals surface area contributed by atoms with Gasteiger partial charge in [0.15, 0.2) is 5.65 Å². The third kappa shape index (κ3) is 3.05. The molecule has 0 bridgehead atoms. The fourth-order valence-electron chi connectivity index (χ4n) is 2.34. The Morgan fingerprint density at radius 1 is 0.958 bits per heavy atom. The van der Waals surface area contributed by atoms with Gasteiger partial charge in [-0.25, -0.2) is 4.98 Å². The standard InChI is InChI=1S/C19H10Cl2N2S/c20-14-10-16(21)19-22-17(12-23(19)11-14)18-9-8-15(24-18)7-6-13-4-2-1-3-5-13/h1-5,8-12H. The second-order valence-electron chi connectivity index (χ2n) is 5.14. The van der Waals surface area contributed by atoms with Crippen LogP contribution in [0.25, 0.3) is 16.2 Å². The summed E-state index contributed by atoms with van der Waals surface area (Å²) >= 11 is 13.8. The monoisotopic (exact) mass is 368 g/mol. The summed E-state index contributed by atoms with van der Waals surface area (Å²) in [4.78, 5) is 6.63. The molecule has 3 heterocycles. The highest BCUT2D eigenvalue weighted by Gasteiger charge is 2.10. The first-order chi connectivity index (χ1) is 11.7. The average molecular weight is 369 g/mol. The lowest BCUT2D eigenvalue weighted by atomic mass is 10.2. The summed E-state index contributed by atoms with van der Waals surface area (Å²) < 4.78 is 1.84. The second kappa shape index (κ2) is 6.33. The van der Waals surface area contributed by atoms with Gasteiger partial charge in [0.05, 0.1) is 25.5 Å². The van der Waals surface area contributed by atoms with Gasteiger partial charge in [0.1, 0.15) is 0 Å².